The molecule has 4 N–H and O–H groups in total. The molecule has 0 spiro atoms. The van der Waals surface area contributed by atoms with Gasteiger partial charge in [0.15, 0.2) is 0 Å². The highest BCUT2D eigenvalue weighted by molar-refractivity contribution is 5.95. The first-order valence-corrected chi connectivity index (χ1v) is 13.5. The van der Waals surface area contributed by atoms with Gasteiger partial charge in [-0.2, -0.15) is 0 Å². The number of nitrogens with zero attached hydrogens (tertiary/aromatic N) is 2. The molecule has 2 aromatic rings. The van der Waals surface area contributed by atoms with Crippen molar-refractivity contribution in [2.75, 3.05) is 44.3 Å². The van der Waals surface area contributed by atoms with Crippen LogP contribution in [0.15, 0.2) is 48.5 Å². The second-order valence-corrected chi connectivity index (χ2v) is 9.42. The van der Waals surface area contributed by atoms with E-state index in [0.717, 1.165) is 31.5 Å². The number of carbonyl (C=O) groups excluding carboxylic acids is 2. The Kier molecular flexibility index (Phi) is 11.1. The molecule has 0 bridgehead atoms. The third-order valence-electron chi connectivity index (χ3n) is 6.49. The lowest BCUT2D eigenvalue weighted by atomic mass is 10.1. The van der Waals surface area contributed by atoms with Crippen LogP contribution in [0.3, 0.4) is 0 Å². The topological polar surface area (TPSA) is 142 Å². The third-order valence-corrected chi connectivity index (χ3v) is 6.49. The molecule has 0 aliphatic carbocycles. The van der Waals surface area contributed by atoms with E-state index in [4.69, 9.17) is 30.8 Å². The Balaban J connectivity index is 1.85. The van der Waals surface area contributed by atoms with Gasteiger partial charge in [-0.1, -0.05) is 30.4 Å². The predicted octanol–water partition coefficient (Wildman–Crippen LogP) is 4.07. The molecule has 10 nitrogen and oxygen atoms in total. The van der Waals surface area contributed by atoms with E-state index in [1.165, 1.54) is 0 Å². The summed E-state index contributed by atoms with van der Waals surface area (Å²) in [4.78, 5) is 29.2. The number of esters is 2. The lowest BCUT2D eigenvalue weighted by Crippen LogP contribution is -2.40. The number of amidine groups is 2. The molecular formula is C30H39N5O5. The summed E-state index contributed by atoms with van der Waals surface area (Å²) in [6.07, 6.45) is 5.18. The molecule has 0 unspecified atom stereocenters. The largest absolute Gasteiger partial charge is 0.489 e. The monoisotopic (exact) mass is 549 g/mol. The van der Waals surface area contributed by atoms with E-state index in [9.17, 15) is 9.59 Å². The van der Waals surface area contributed by atoms with Gasteiger partial charge in [0.2, 0.25) is 0 Å². The van der Waals surface area contributed by atoms with Crippen molar-refractivity contribution >= 4 is 35.4 Å². The van der Waals surface area contributed by atoms with E-state index in [-0.39, 0.29) is 43.2 Å². The second kappa shape index (κ2) is 14.7. The summed E-state index contributed by atoms with van der Waals surface area (Å²) in [6, 6.07) is 12.6. The van der Waals surface area contributed by atoms with Gasteiger partial charge in [-0.3, -0.25) is 15.6 Å². The summed E-state index contributed by atoms with van der Waals surface area (Å²) in [7, 11) is 0. The van der Waals surface area contributed by atoms with Gasteiger partial charge >= 0.3 is 11.9 Å². The van der Waals surface area contributed by atoms with Crippen molar-refractivity contribution in [2.45, 2.75) is 39.7 Å². The molecule has 40 heavy (non-hydrogen) atoms. The van der Waals surface area contributed by atoms with Crippen LogP contribution in [0.25, 0.3) is 6.08 Å². The molecule has 2 aromatic carbocycles. The summed E-state index contributed by atoms with van der Waals surface area (Å²) < 4.78 is 16.8. The quantitative estimate of drug-likeness (QED) is 0.204. The van der Waals surface area contributed by atoms with Crippen LogP contribution >= 0.6 is 0 Å². The number of anilines is 1. The Bertz CT molecular complexity index is 1240. The molecule has 1 aliphatic rings. The van der Waals surface area contributed by atoms with Crippen molar-refractivity contribution in [1.82, 2.24) is 4.90 Å². The summed E-state index contributed by atoms with van der Waals surface area (Å²) in [6.45, 7) is 7.54. The molecule has 1 fully saturated rings. The number of ether oxygens (including phenoxy) is 3. The predicted molar refractivity (Wildman–Crippen MR) is 156 cm³/mol. The Morgan fingerprint density at radius 3 is 2.45 bits per heavy atom. The number of hydrogen-bond donors (Lipinski definition) is 3. The maximum atomic E-state index is 12.9. The lowest BCUT2D eigenvalue weighted by molar-refractivity contribution is -0.141. The van der Waals surface area contributed by atoms with Crippen LogP contribution in [0, 0.1) is 10.8 Å². The van der Waals surface area contributed by atoms with Crippen molar-refractivity contribution in [3.05, 3.63) is 65.2 Å². The Hall–Kier alpha value is -4.34. The van der Waals surface area contributed by atoms with Crippen molar-refractivity contribution in [3.8, 4) is 5.75 Å². The molecule has 214 valence electrons. The SMILES string of the molecule is CCOC(=O)CN(CC=Cc1cccc(C(=N)N)c1)c1ccc(OC2CCN(C(C)=N)CC2)c(C(=O)OCC)c1. The average molecular weight is 550 g/mol. The van der Waals surface area contributed by atoms with E-state index in [1.807, 2.05) is 41.3 Å². The molecule has 1 aliphatic heterocycles. The second-order valence-electron chi connectivity index (χ2n) is 9.42. The van der Waals surface area contributed by atoms with Crippen LogP contribution in [-0.2, 0) is 14.3 Å². The molecule has 3 rings (SSSR count). The van der Waals surface area contributed by atoms with Crippen molar-refractivity contribution in [2.24, 2.45) is 5.73 Å². The van der Waals surface area contributed by atoms with Gasteiger partial charge in [0.05, 0.1) is 19.0 Å². The van der Waals surface area contributed by atoms with Gasteiger partial charge < -0.3 is 29.7 Å². The number of nitrogens with two attached hydrogens (primary N) is 1. The number of carbonyl (C=O) groups is 2. The van der Waals surface area contributed by atoms with E-state index < -0.39 is 5.97 Å². The zero-order valence-electron chi connectivity index (χ0n) is 23.4. The molecular weight excluding hydrogens is 510 g/mol. The summed E-state index contributed by atoms with van der Waals surface area (Å²) in [5.41, 5.74) is 8.03. The minimum atomic E-state index is -0.500. The number of nitrogen functional groups attached to an aromatic ring is 1. The summed E-state index contributed by atoms with van der Waals surface area (Å²) in [5.74, 6) is 0.0705. The van der Waals surface area contributed by atoms with Crippen molar-refractivity contribution < 1.29 is 23.8 Å². The summed E-state index contributed by atoms with van der Waals surface area (Å²) >= 11 is 0. The Labute approximate surface area is 235 Å². The number of piperidine rings is 1. The van der Waals surface area contributed by atoms with Gasteiger partial charge in [-0.05, 0) is 50.6 Å². The van der Waals surface area contributed by atoms with Crippen LogP contribution in [-0.4, -0.2) is 74.0 Å². The van der Waals surface area contributed by atoms with Gasteiger partial charge in [-0.25, -0.2) is 4.79 Å². The van der Waals surface area contributed by atoms with Crippen LogP contribution in [0.5, 0.6) is 5.75 Å². The van der Waals surface area contributed by atoms with Crippen LogP contribution < -0.4 is 15.4 Å². The average Bonchev–Trinajstić information content (AvgIpc) is 2.93. The summed E-state index contributed by atoms with van der Waals surface area (Å²) in [5, 5.41) is 15.5. The molecule has 10 heteroatoms. The number of likely N-dealkylation sites (tertiary alicyclic amines) is 1. The smallest absolute Gasteiger partial charge is 0.341 e. The van der Waals surface area contributed by atoms with Gasteiger partial charge in [0, 0.05) is 43.7 Å². The highest BCUT2D eigenvalue weighted by Crippen LogP contribution is 2.29. The minimum absolute atomic E-state index is 0.0108. The van der Waals surface area contributed by atoms with E-state index >= 15 is 0 Å². The highest BCUT2D eigenvalue weighted by atomic mass is 16.5. The molecule has 1 heterocycles. The fourth-order valence-electron chi connectivity index (χ4n) is 4.42. The normalized spacial score (nSPS) is 13.6. The highest BCUT2D eigenvalue weighted by Gasteiger charge is 2.24. The maximum Gasteiger partial charge on any atom is 0.341 e. The molecule has 0 amide bonds. The van der Waals surface area contributed by atoms with Crippen molar-refractivity contribution in [3.63, 3.8) is 0 Å². The maximum absolute atomic E-state index is 12.9. The molecule has 0 atom stereocenters. The fourth-order valence-corrected chi connectivity index (χ4v) is 4.42. The lowest BCUT2D eigenvalue weighted by Gasteiger charge is -2.33. The minimum Gasteiger partial charge on any atom is -0.489 e. The number of benzene rings is 2. The Morgan fingerprint density at radius 2 is 1.80 bits per heavy atom. The standard InChI is InChI=1S/C30H39N5O5/c1-4-38-28(36)20-35(15-7-9-22-8-6-10-23(18-22)29(32)33)24-11-12-27(26(19-24)30(37)39-5-2)40-25-13-16-34(17-14-25)21(3)31/h6-12,18-19,25,31H,4-5,13-17,20H2,1-3H3,(H3,32,33). The van der Waals surface area contributed by atoms with Crippen LogP contribution in [0.1, 0.15) is 55.1 Å². The molecule has 0 aromatic heterocycles. The number of nitrogens with one attached hydrogen (secondary N) is 2. The first-order valence-electron chi connectivity index (χ1n) is 13.5. The molecule has 0 saturated carbocycles. The van der Waals surface area contributed by atoms with Gasteiger partial charge in [-0.15, -0.1) is 0 Å². The van der Waals surface area contributed by atoms with Gasteiger partial charge in [0.1, 0.15) is 29.8 Å². The third kappa shape index (κ3) is 8.59. The Morgan fingerprint density at radius 1 is 1.07 bits per heavy atom. The zero-order valence-corrected chi connectivity index (χ0v) is 23.4. The van der Waals surface area contributed by atoms with E-state index in [2.05, 4.69) is 0 Å². The fraction of sp³-hybridized carbons (Fsp3) is 0.400. The van der Waals surface area contributed by atoms with Crippen LogP contribution in [0.2, 0.25) is 0 Å². The van der Waals surface area contributed by atoms with E-state index in [0.29, 0.717) is 29.4 Å². The van der Waals surface area contributed by atoms with Crippen molar-refractivity contribution in [1.29, 1.82) is 10.8 Å². The first kappa shape index (κ1) is 30.2. The zero-order chi connectivity index (χ0) is 29.1. The number of hydrogen-bond acceptors (Lipinski definition) is 8. The van der Waals surface area contributed by atoms with E-state index in [1.54, 1.807) is 43.9 Å². The van der Waals surface area contributed by atoms with Gasteiger partial charge in [0.25, 0.3) is 0 Å². The number of rotatable bonds is 12. The first-order chi connectivity index (χ1) is 19.2. The molecule has 0 radical (unpaired) electrons. The molecule has 1 saturated heterocycles. The van der Waals surface area contributed by atoms with Crippen LogP contribution in [0.4, 0.5) is 5.69 Å².